The number of aryl methyl sites for hydroxylation is 1. The highest BCUT2D eigenvalue weighted by Crippen LogP contribution is 2.24. The minimum atomic E-state index is -0.282. The van der Waals surface area contributed by atoms with Gasteiger partial charge in [-0.15, -0.1) is 0 Å². The molecule has 1 saturated heterocycles. The second-order valence-electron chi connectivity index (χ2n) is 5.62. The number of hydrogen-bond donors (Lipinski definition) is 1. The topological polar surface area (TPSA) is 45.3 Å². The number of nitrogens with zero attached hydrogens (tertiary/aromatic N) is 1. The number of aromatic amines is 1. The number of rotatable bonds is 2. The Kier molecular flexibility index (Phi) is 3.68. The smallest absolute Gasteiger partial charge is 0.227 e. The molecule has 1 fully saturated rings. The molecule has 1 N–H and O–H groups in total. The van der Waals surface area contributed by atoms with Crippen LogP contribution in [0.1, 0.15) is 18.2 Å². The fourth-order valence-corrected chi connectivity index (χ4v) is 2.89. The van der Waals surface area contributed by atoms with Crippen LogP contribution in [-0.4, -0.2) is 41.6 Å². The predicted molar refractivity (Wildman–Crippen MR) is 78.7 cm³/mol. The van der Waals surface area contributed by atoms with Crippen LogP contribution in [0.4, 0.5) is 4.39 Å². The molecule has 0 aliphatic carbocycles. The first-order valence-electron chi connectivity index (χ1n) is 7.20. The molecule has 112 valence electrons. The number of carbonyl (C=O) groups is 1. The van der Waals surface area contributed by atoms with E-state index in [0.29, 0.717) is 26.1 Å². The highest BCUT2D eigenvalue weighted by atomic mass is 19.1. The van der Waals surface area contributed by atoms with E-state index in [1.165, 1.54) is 12.1 Å². The summed E-state index contributed by atoms with van der Waals surface area (Å²) in [5.41, 5.74) is 2.67. The Morgan fingerprint density at radius 1 is 1.52 bits per heavy atom. The Bertz CT molecular complexity index is 680. The average molecular weight is 290 g/mol. The number of fused-ring (bicyclic) bond motifs is 1. The van der Waals surface area contributed by atoms with E-state index in [0.717, 1.165) is 22.2 Å². The third-order valence-corrected chi connectivity index (χ3v) is 4.00. The van der Waals surface area contributed by atoms with Crippen molar-refractivity contribution in [3.63, 3.8) is 0 Å². The lowest BCUT2D eigenvalue weighted by atomic mass is 10.1. The van der Waals surface area contributed by atoms with E-state index in [2.05, 4.69) is 4.98 Å². The second kappa shape index (κ2) is 5.48. The number of benzene rings is 1. The Labute approximate surface area is 122 Å². The molecule has 0 spiro atoms. The molecule has 1 aliphatic heterocycles. The first kappa shape index (κ1) is 14.1. The maximum Gasteiger partial charge on any atom is 0.227 e. The van der Waals surface area contributed by atoms with Crippen LogP contribution in [0.5, 0.6) is 0 Å². The molecule has 0 radical (unpaired) electrons. The Morgan fingerprint density at radius 2 is 2.33 bits per heavy atom. The van der Waals surface area contributed by atoms with Crippen LogP contribution in [0, 0.1) is 12.7 Å². The van der Waals surface area contributed by atoms with Crippen molar-refractivity contribution in [1.29, 1.82) is 0 Å². The van der Waals surface area contributed by atoms with Crippen LogP contribution < -0.4 is 0 Å². The molecule has 1 amide bonds. The summed E-state index contributed by atoms with van der Waals surface area (Å²) in [4.78, 5) is 17.5. The highest BCUT2D eigenvalue weighted by molar-refractivity contribution is 5.90. The maximum atomic E-state index is 13.4. The van der Waals surface area contributed by atoms with Gasteiger partial charge in [-0.3, -0.25) is 4.79 Å². The molecule has 2 aromatic rings. The van der Waals surface area contributed by atoms with Gasteiger partial charge in [0.15, 0.2) is 0 Å². The SMILES string of the molecule is Cc1[nH]c2ccc(F)cc2c1CC(=O)N1CCOC(C)C1. The van der Waals surface area contributed by atoms with Crippen molar-refractivity contribution in [2.75, 3.05) is 19.7 Å². The largest absolute Gasteiger partial charge is 0.375 e. The fourth-order valence-electron chi connectivity index (χ4n) is 2.89. The quantitative estimate of drug-likeness (QED) is 0.923. The number of nitrogens with one attached hydrogen (secondary N) is 1. The zero-order chi connectivity index (χ0) is 15.0. The minimum Gasteiger partial charge on any atom is -0.375 e. The maximum absolute atomic E-state index is 13.4. The first-order valence-corrected chi connectivity index (χ1v) is 7.20. The van der Waals surface area contributed by atoms with Crippen molar-refractivity contribution in [3.8, 4) is 0 Å². The molecule has 3 rings (SSSR count). The lowest BCUT2D eigenvalue weighted by Gasteiger charge is -2.31. The monoisotopic (exact) mass is 290 g/mol. The summed E-state index contributed by atoms with van der Waals surface area (Å²) in [7, 11) is 0. The molecule has 21 heavy (non-hydrogen) atoms. The van der Waals surface area contributed by atoms with Crippen LogP contribution in [0.2, 0.25) is 0 Å². The number of carbonyl (C=O) groups excluding carboxylic acids is 1. The summed E-state index contributed by atoms with van der Waals surface area (Å²) in [6, 6.07) is 4.62. The van der Waals surface area contributed by atoms with Gasteiger partial charge in [0.25, 0.3) is 0 Å². The van der Waals surface area contributed by atoms with Crippen LogP contribution in [0.3, 0.4) is 0 Å². The fraction of sp³-hybridized carbons (Fsp3) is 0.438. The highest BCUT2D eigenvalue weighted by Gasteiger charge is 2.23. The van der Waals surface area contributed by atoms with Crippen molar-refractivity contribution >= 4 is 16.8 Å². The zero-order valence-electron chi connectivity index (χ0n) is 12.3. The van der Waals surface area contributed by atoms with E-state index in [-0.39, 0.29) is 17.8 Å². The molecule has 4 nitrogen and oxygen atoms in total. The van der Waals surface area contributed by atoms with Gasteiger partial charge in [0, 0.05) is 29.7 Å². The van der Waals surface area contributed by atoms with Crippen molar-refractivity contribution in [2.24, 2.45) is 0 Å². The van der Waals surface area contributed by atoms with Crippen LogP contribution in [0.25, 0.3) is 10.9 Å². The Balaban J connectivity index is 1.85. The number of hydrogen-bond acceptors (Lipinski definition) is 2. The van der Waals surface area contributed by atoms with Gasteiger partial charge in [-0.2, -0.15) is 0 Å². The minimum absolute atomic E-state index is 0.0680. The van der Waals surface area contributed by atoms with Gasteiger partial charge < -0.3 is 14.6 Å². The summed E-state index contributed by atoms with van der Waals surface area (Å²) in [5, 5.41) is 0.794. The van der Waals surface area contributed by atoms with E-state index in [4.69, 9.17) is 4.74 Å². The van der Waals surface area contributed by atoms with Crippen molar-refractivity contribution in [3.05, 3.63) is 35.3 Å². The third kappa shape index (κ3) is 2.78. The standard InChI is InChI=1S/C16H19FN2O2/c1-10-9-19(5-6-21-10)16(20)8-13-11(2)18-15-4-3-12(17)7-14(13)15/h3-4,7,10,18H,5-6,8-9H2,1-2H3. The van der Waals surface area contributed by atoms with Crippen LogP contribution in [0.15, 0.2) is 18.2 Å². The summed E-state index contributed by atoms with van der Waals surface area (Å²) in [6.07, 6.45) is 0.367. The molecular weight excluding hydrogens is 271 g/mol. The molecule has 1 aromatic carbocycles. The van der Waals surface area contributed by atoms with Crippen LogP contribution in [-0.2, 0) is 16.0 Å². The number of aromatic nitrogens is 1. The normalized spacial score (nSPS) is 19.2. The molecule has 0 bridgehead atoms. The first-order chi connectivity index (χ1) is 10.0. The number of H-pyrrole nitrogens is 1. The summed E-state index contributed by atoms with van der Waals surface area (Å²) in [6.45, 7) is 5.70. The summed E-state index contributed by atoms with van der Waals surface area (Å²) >= 11 is 0. The lowest BCUT2D eigenvalue weighted by Crippen LogP contribution is -2.45. The number of amides is 1. The van der Waals surface area contributed by atoms with Crippen molar-refractivity contribution in [1.82, 2.24) is 9.88 Å². The summed E-state index contributed by atoms with van der Waals surface area (Å²) < 4.78 is 18.9. The van der Waals surface area contributed by atoms with E-state index in [9.17, 15) is 9.18 Å². The molecule has 0 saturated carbocycles. The van der Waals surface area contributed by atoms with Gasteiger partial charge in [-0.05, 0) is 37.6 Å². The van der Waals surface area contributed by atoms with E-state index >= 15 is 0 Å². The van der Waals surface area contributed by atoms with E-state index in [1.807, 2.05) is 18.7 Å². The molecule has 5 heteroatoms. The van der Waals surface area contributed by atoms with Crippen molar-refractivity contribution in [2.45, 2.75) is 26.4 Å². The number of halogens is 1. The van der Waals surface area contributed by atoms with E-state index in [1.54, 1.807) is 6.07 Å². The molecule has 2 heterocycles. The summed E-state index contributed by atoms with van der Waals surface area (Å²) in [5.74, 6) is -0.214. The van der Waals surface area contributed by atoms with Gasteiger partial charge in [0.05, 0.1) is 19.1 Å². The van der Waals surface area contributed by atoms with Crippen LogP contribution >= 0.6 is 0 Å². The molecule has 1 atom stereocenters. The third-order valence-electron chi connectivity index (χ3n) is 4.00. The molecule has 1 aliphatic rings. The van der Waals surface area contributed by atoms with Gasteiger partial charge in [-0.25, -0.2) is 4.39 Å². The average Bonchev–Trinajstić information content (AvgIpc) is 2.75. The Morgan fingerprint density at radius 3 is 3.10 bits per heavy atom. The number of ether oxygens (including phenoxy) is 1. The molecule has 1 unspecified atom stereocenters. The van der Waals surface area contributed by atoms with Gasteiger partial charge in [-0.1, -0.05) is 0 Å². The second-order valence-corrected chi connectivity index (χ2v) is 5.62. The van der Waals surface area contributed by atoms with Crippen molar-refractivity contribution < 1.29 is 13.9 Å². The number of morpholine rings is 1. The Hall–Kier alpha value is -1.88. The van der Waals surface area contributed by atoms with E-state index < -0.39 is 0 Å². The van der Waals surface area contributed by atoms with Gasteiger partial charge in [0.2, 0.25) is 5.91 Å². The van der Waals surface area contributed by atoms with Gasteiger partial charge >= 0.3 is 0 Å². The lowest BCUT2D eigenvalue weighted by molar-refractivity contribution is -0.137. The molecule has 1 aromatic heterocycles. The predicted octanol–water partition coefficient (Wildman–Crippen LogP) is 2.41. The molecular formula is C16H19FN2O2. The zero-order valence-corrected chi connectivity index (χ0v) is 12.3. The van der Waals surface area contributed by atoms with Gasteiger partial charge in [0.1, 0.15) is 5.82 Å².